The zero-order chi connectivity index (χ0) is 13.3. The van der Waals surface area contributed by atoms with E-state index < -0.39 is 11.8 Å². The molecule has 0 saturated heterocycles. The minimum absolute atomic E-state index is 0.136. The van der Waals surface area contributed by atoms with Crippen molar-refractivity contribution in [1.82, 2.24) is 5.32 Å². The van der Waals surface area contributed by atoms with Gasteiger partial charge >= 0.3 is 0 Å². The van der Waals surface area contributed by atoms with Gasteiger partial charge in [0.25, 0.3) is 0 Å². The second-order valence-electron chi connectivity index (χ2n) is 3.30. The van der Waals surface area contributed by atoms with Crippen LogP contribution in [0.3, 0.4) is 0 Å². The molecule has 2 amide bonds. The number of carbonyl (C=O) groups is 2. The molecule has 0 heterocycles. The Morgan fingerprint density at radius 1 is 1.47 bits per heavy atom. The highest BCUT2D eigenvalue weighted by Crippen LogP contribution is 2.02. The van der Waals surface area contributed by atoms with Gasteiger partial charge in [-0.15, -0.1) is 0 Å². The maximum Gasteiger partial charge on any atom is 0.243 e. The molecular formula is C9H18N4O4. The Labute approximate surface area is 99.0 Å². The molecule has 0 fully saturated rings. The molecule has 8 nitrogen and oxygen atoms in total. The van der Waals surface area contributed by atoms with Gasteiger partial charge in [-0.2, -0.15) is 0 Å². The van der Waals surface area contributed by atoms with Crippen molar-refractivity contribution in [2.45, 2.75) is 13.3 Å². The summed E-state index contributed by atoms with van der Waals surface area (Å²) < 4.78 is 4.85. The van der Waals surface area contributed by atoms with E-state index in [4.69, 9.17) is 21.4 Å². The van der Waals surface area contributed by atoms with E-state index in [0.29, 0.717) is 6.42 Å². The van der Waals surface area contributed by atoms with Crippen LogP contribution in [-0.2, 0) is 14.3 Å². The van der Waals surface area contributed by atoms with Crippen LogP contribution in [0.15, 0.2) is 5.16 Å². The molecule has 0 aliphatic carbocycles. The second kappa shape index (κ2) is 8.34. The molecule has 0 rings (SSSR count). The van der Waals surface area contributed by atoms with Crippen LogP contribution >= 0.6 is 0 Å². The second-order valence-corrected chi connectivity index (χ2v) is 3.30. The van der Waals surface area contributed by atoms with E-state index in [2.05, 4.69) is 10.5 Å². The van der Waals surface area contributed by atoms with Gasteiger partial charge in [0, 0.05) is 6.54 Å². The first-order valence-electron chi connectivity index (χ1n) is 5.14. The van der Waals surface area contributed by atoms with E-state index in [0.717, 1.165) is 0 Å². The molecule has 8 heteroatoms. The predicted octanol–water partition coefficient (Wildman–Crippen LogP) is -1.62. The smallest absolute Gasteiger partial charge is 0.243 e. The van der Waals surface area contributed by atoms with Crippen molar-refractivity contribution in [2.75, 3.05) is 19.8 Å². The zero-order valence-electron chi connectivity index (χ0n) is 9.68. The number of amides is 2. The van der Waals surface area contributed by atoms with E-state index in [-0.39, 0.29) is 31.5 Å². The van der Waals surface area contributed by atoms with E-state index >= 15 is 0 Å². The molecule has 1 atom stereocenters. The fourth-order valence-electron chi connectivity index (χ4n) is 1.14. The number of nitrogens with two attached hydrogens (primary N) is 2. The number of hydrogen-bond donors (Lipinski definition) is 4. The highest BCUT2D eigenvalue weighted by molar-refractivity contribution is 6.01. The van der Waals surface area contributed by atoms with Gasteiger partial charge in [0.1, 0.15) is 6.61 Å². The summed E-state index contributed by atoms with van der Waals surface area (Å²) in [4.78, 5) is 21.9. The minimum Gasteiger partial charge on any atom is -0.409 e. The quantitative estimate of drug-likeness (QED) is 0.134. The SMILES string of the molecule is CCC(C(=O)NCCOCC(N)=O)C(N)=NO. The zero-order valence-corrected chi connectivity index (χ0v) is 9.68. The van der Waals surface area contributed by atoms with Crippen molar-refractivity contribution in [3.63, 3.8) is 0 Å². The number of carbonyl (C=O) groups excluding carboxylic acids is 2. The lowest BCUT2D eigenvalue weighted by Gasteiger charge is -2.13. The van der Waals surface area contributed by atoms with Crippen molar-refractivity contribution < 1.29 is 19.5 Å². The highest BCUT2D eigenvalue weighted by Gasteiger charge is 2.20. The van der Waals surface area contributed by atoms with Crippen LogP contribution in [0.5, 0.6) is 0 Å². The van der Waals surface area contributed by atoms with Crippen LogP contribution in [-0.4, -0.2) is 42.6 Å². The summed E-state index contributed by atoms with van der Waals surface area (Å²) in [5, 5.41) is 13.8. The number of nitrogens with one attached hydrogen (secondary N) is 1. The first-order valence-corrected chi connectivity index (χ1v) is 5.14. The Bertz CT molecular complexity index is 293. The number of ether oxygens (including phenoxy) is 1. The largest absolute Gasteiger partial charge is 0.409 e. The molecule has 0 bridgehead atoms. The van der Waals surface area contributed by atoms with E-state index in [9.17, 15) is 9.59 Å². The van der Waals surface area contributed by atoms with Gasteiger partial charge in [-0.3, -0.25) is 9.59 Å². The third-order valence-corrected chi connectivity index (χ3v) is 1.99. The van der Waals surface area contributed by atoms with Gasteiger partial charge in [-0.25, -0.2) is 0 Å². The summed E-state index contributed by atoms with van der Waals surface area (Å²) in [5.41, 5.74) is 10.2. The lowest BCUT2D eigenvalue weighted by molar-refractivity contribution is -0.123. The molecule has 0 aromatic rings. The van der Waals surface area contributed by atoms with E-state index in [1.165, 1.54) is 0 Å². The summed E-state index contributed by atoms with van der Waals surface area (Å²) in [6, 6.07) is 0. The normalized spacial score (nSPS) is 13.1. The number of oxime groups is 1. The van der Waals surface area contributed by atoms with Crippen molar-refractivity contribution in [3.05, 3.63) is 0 Å². The number of amidine groups is 1. The standard InChI is InChI=1S/C9H18N4O4/c1-2-6(8(11)13-16)9(15)12-3-4-17-5-7(10)14/h6,16H,2-5H2,1H3,(H2,10,14)(H2,11,13)(H,12,15). The summed E-state index contributed by atoms with van der Waals surface area (Å²) >= 11 is 0. The number of hydrogen-bond acceptors (Lipinski definition) is 5. The van der Waals surface area contributed by atoms with Crippen LogP contribution in [0, 0.1) is 5.92 Å². The molecule has 0 spiro atoms. The highest BCUT2D eigenvalue weighted by atomic mass is 16.5. The molecule has 0 saturated carbocycles. The Morgan fingerprint density at radius 2 is 2.12 bits per heavy atom. The van der Waals surface area contributed by atoms with E-state index in [1.807, 2.05) is 0 Å². The maximum atomic E-state index is 11.5. The topological polar surface area (TPSA) is 140 Å². The molecular weight excluding hydrogens is 228 g/mol. The van der Waals surface area contributed by atoms with Gasteiger partial charge in [-0.05, 0) is 6.42 Å². The summed E-state index contributed by atoms with van der Waals surface area (Å²) in [6.07, 6.45) is 0.421. The van der Waals surface area contributed by atoms with Gasteiger partial charge in [0.15, 0.2) is 5.84 Å². The fourth-order valence-corrected chi connectivity index (χ4v) is 1.14. The predicted molar refractivity (Wildman–Crippen MR) is 60.2 cm³/mol. The molecule has 0 aliphatic heterocycles. The lowest BCUT2D eigenvalue weighted by atomic mass is 10.1. The monoisotopic (exact) mass is 246 g/mol. The third kappa shape index (κ3) is 6.36. The Hall–Kier alpha value is -1.83. The molecule has 6 N–H and O–H groups in total. The molecule has 0 aliphatic rings. The molecule has 0 radical (unpaired) electrons. The summed E-state index contributed by atoms with van der Waals surface area (Å²) in [7, 11) is 0. The third-order valence-electron chi connectivity index (χ3n) is 1.99. The first kappa shape index (κ1) is 15.2. The van der Waals surface area contributed by atoms with Crippen molar-refractivity contribution in [1.29, 1.82) is 0 Å². The summed E-state index contributed by atoms with van der Waals surface area (Å²) in [6.45, 7) is 1.95. The molecule has 1 unspecified atom stereocenters. The molecule has 98 valence electrons. The molecule has 0 aromatic heterocycles. The van der Waals surface area contributed by atoms with Gasteiger partial charge in [-0.1, -0.05) is 12.1 Å². The maximum absolute atomic E-state index is 11.5. The van der Waals surface area contributed by atoms with Crippen LogP contribution in [0.25, 0.3) is 0 Å². The number of nitrogens with zero attached hydrogens (tertiary/aromatic N) is 1. The van der Waals surface area contributed by atoms with E-state index in [1.54, 1.807) is 6.92 Å². The van der Waals surface area contributed by atoms with Crippen LogP contribution in [0.1, 0.15) is 13.3 Å². The number of rotatable bonds is 8. The van der Waals surface area contributed by atoms with Crippen LogP contribution in [0.2, 0.25) is 0 Å². The summed E-state index contributed by atoms with van der Waals surface area (Å²) in [5.74, 6) is -1.73. The minimum atomic E-state index is -0.670. The Kier molecular flexibility index (Phi) is 7.44. The Morgan fingerprint density at radius 3 is 2.59 bits per heavy atom. The van der Waals surface area contributed by atoms with Crippen molar-refractivity contribution >= 4 is 17.6 Å². The van der Waals surface area contributed by atoms with Crippen molar-refractivity contribution in [3.8, 4) is 0 Å². The van der Waals surface area contributed by atoms with Gasteiger partial charge in [0.2, 0.25) is 11.8 Å². The molecule has 0 aromatic carbocycles. The Balaban J connectivity index is 3.88. The average molecular weight is 246 g/mol. The number of primary amides is 1. The van der Waals surface area contributed by atoms with Crippen molar-refractivity contribution in [2.24, 2.45) is 22.5 Å². The first-order chi connectivity index (χ1) is 8.02. The van der Waals surface area contributed by atoms with Gasteiger partial charge in [0.05, 0.1) is 12.5 Å². The lowest BCUT2D eigenvalue weighted by Crippen LogP contribution is -2.40. The average Bonchev–Trinajstić information content (AvgIpc) is 2.28. The van der Waals surface area contributed by atoms with Crippen LogP contribution in [0.4, 0.5) is 0 Å². The molecule has 17 heavy (non-hydrogen) atoms. The fraction of sp³-hybridized carbons (Fsp3) is 0.667. The van der Waals surface area contributed by atoms with Crippen LogP contribution < -0.4 is 16.8 Å². The van der Waals surface area contributed by atoms with Gasteiger partial charge < -0.3 is 26.7 Å².